The van der Waals surface area contributed by atoms with Crippen LogP contribution in [0.5, 0.6) is 0 Å². The summed E-state index contributed by atoms with van der Waals surface area (Å²) < 4.78 is 0. The molecule has 0 aliphatic carbocycles. The Bertz CT molecular complexity index is 357. The van der Waals surface area contributed by atoms with Crippen LogP contribution in [0.25, 0.3) is 0 Å². The molecule has 1 aromatic rings. The predicted octanol–water partition coefficient (Wildman–Crippen LogP) is 2.47. The van der Waals surface area contributed by atoms with E-state index in [0.717, 1.165) is 12.1 Å². The van der Waals surface area contributed by atoms with Crippen molar-refractivity contribution in [1.82, 2.24) is 4.90 Å². The Morgan fingerprint density at radius 1 is 1.22 bits per heavy atom. The van der Waals surface area contributed by atoms with Crippen molar-refractivity contribution in [3.05, 3.63) is 34.9 Å². The molecule has 0 heterocycles. The van der Waals surface area contributed by atoms with Crippen molar-refractivity contribution in [2.75, 3.05) is 19.7 Å². The minimum atomic E-state index is -0.557. The Morgan fingerprint density at radius 3 is 2.44 bits per heavy atom. The molecule has 0 fully saturated rings. The van der Waals surface area contributed by atoms with E-state index < -0.39 is 6.10 Å². The second-order valence-corrected chi connectivity index (χ2v) is 5.09. The molecule has 2 N–H and O–H groups in total. The first-order valence-corrected chi connectivity index (χ1v) is 6.71. The summed E-state index contributed by atoms with van der Waals surface area (Å²) in [6, 6.07) is 7.71. The highest BCUT2D eigenvalue weighted by Gasteiger charge is 2.14. The van der Waals surface area contributed by atoms with Gasteiger partial charge in [0.15, 0.2) is 0 Å². The number of rotatable bonds is 7. The van der Waals surface area contributed by atoms with Crippen LogP contribution in [0.4, 0.5) is 0 Å². The Balaban J connectivity index is 2.54. The van der Waals surface area contributed by atoms with Crippen LogP contribution in [-0.4, -0.2) is 40.9 Å². The van der Waals surface area contributed by atoms with Crippen molar-refractivity contribution >= 4 is 11.6 Å². The minimum absolute atomic E-state index is 0.139. The Labute approximate surface area is 114 Å². The molecule has 1 aromatic carbocycles. The molecular formula is C14H22ClNO2. The summed E-state index contributed by atoms with van der Waals surface area (Å²) in [5, 5.41) is 19.7. The lowest BCUT2D eigenvalue weighted by atomic mass is 10.1. The quantitative estimate of drug-likeness (QED) is 0.801. The lowest BCUT2D eigenvalue weighted by Crippen LogP contribution is -2.35. The maximum absolute atomic E-state index is 10.1. The molecule has 102 valence electrons. The molecule has 0 amide bonds. The lowest BCUT2D eigenvalue weighted by molar-refractivity contribution is 0.116. The smallest absolute Gasteiger partial charge is 0.0816 e. The van der Waals surface area contributed by atoms with Gasteiger partial charge in [0.2, 0.25) is 0 Å². The molecule has 1 rings (SSSR count). The third-order valence-corrected chi connectivity index (χ3v) is 3.42. The number of benzene rings is 1. The molecule has 1 unspecified atom stereocenters. The fourth-order valence-electron chi connectivity index (χ4n) is 1.95. The molecule has 3 nitrogen and oxygen atoms in total. The van der Waals surface area contributed by atoms with Crippen LogP contribution in [0, 0.1) is 0 Å². The zero-order valence-corrected chi connectivity index (χ0v) is 11.8. The van der Waals surface area contributed by atoms with E-state index in [4.69, 9.17) is 16.7 Å². The summed E-state index contributed by atoms with van der Waals surface area (Å²) in [6.45, 7) is 5.67. The Kier molecular flexibility index (Phi) is 6.65. The van der Waals surface area contributed by atoms with Crippen molar-refractivity contribution in [2.24, 2.45) is 0 Å². The molecule has 0 bridgehead atoms. The SMILES string of the molecule is CC(C)N(CCO)CCC(O)c1ccccc1Cl. The lowest BCUT2D eigenvalue weighted by Gasteiger charge is -2.26. The van der Waals surface area contributed by atoms with E-state index in [-0.39, 0.29) is 6.61 Å². The number of halogens is 1. The van der Waals surface area contributed by atoms with Gasteiger partial charge < -0.3 is 10.2 Å². The summed E-state index contributed by atoms with van der Waals surface area (Å²) >= 11 is 6.04. The van der Waals surface area contributed by atoms with Crippen LogP contribution >= 0.6 is 11.6 Å². The molecule has 1 atom stereocenters. The number of hydrogen-bond acceptors (Lipinski definition) is 3. The standard InChI is InChI=1S/C14H22ClNO2/c1-11(2)16(9-10-17)8-7-14(18)12-5-3-4-6-13(12)15/h3-6,11,14,17-18H,7-10H2,1-2H3. The van der Waals surface area contributed by atoms with Gasteiger partial charge in [-0.25, -0.2) is 0 Å². The number of hydrogen-bond donors (Lipinski definition) is 2. The Morgan fingerprint density at radius 2 is 1.89 bits per heavy atom. The van der Waals surface area contributed by atoms with Crippen LogP contribution in [0.2, 0.25) is 5.02 Å². The van der Waals surface area contributed by atoms with Crippen molar-refractivity contribution in [2.45, 2.75) is 32.4 Å². The van der Waals surface area contributed by atoms with E-state index in [2.05, 4.69) is 18.7 Å². The van der Waals surface area contributed by atoms with E-state index in [1.807, 2.05) is 18.2 Å². The first-order chi connectivity index (χ1) is 8.56. The molecule has 4 heteroatoms. The van der Waals surface area contributed by atoms with Crippen molar-refractivity contribution < 1.29 is 10.2 Å². The zero-order chi connectivity index (χ0) is 13.5. The average Bonchev–Trinajstić information content (AvgIpc) is 2.34. The van der Waals surface area contributed by atoms with E-state index in [1.165, 1.54) is 0 Å². The van der Waals surface area contributed by atoms with E-state index >= 15 is 0 Å². The van der Waals surface area contributed by atoms with Gasteiger partial charge in [-0.2, -0.15) is 0 Å². The van der Waals surface area contributed by atoms with Crippen molar-refractivity contribution in [1.29, 1.82) is 0 Å². The number of aliphatic hydroxyl groups is 2. The molecule has 18 heavy (non-hydrogen) atoms. The zero-order valence-electron chi connectivity index (χ0n) is 11.0. The molecule has 0 spiro atoms. The van der Waals surface area contributed by atoms with Crippen LogP contribution in [-0.2, 0) is 0 Å². The number of nitrogens with zero attached hydrogens (tertiary/aromatic N) is 1. The highest BCUT2D eigenvalue weighted by atomic mass is 35.5. The van der Waals surface area contributed by atoms with E-state index in [9.17, 15) is 5.11 Å². The first-order valence-electron chi connectivity index (χ1n) is 6.33. The molecule has 0 radical (unpaired) electrons. The topological polar surface area (TPSA) is 43.7 Å². The second-order valence-electron chi connectivity index (χ2n) is 4.68. The molecular weight excluding hydrogens is 250 g/mol. The van der Waals surface area contributed by atoms with Crippen molar-refractivity contribution in [3.8, 4) is 0 Å². The number of aliphatic hydroxyl groups excluding tert-OH is 2. The summed E-state index contributed by atoms with van der Waals surface area (Å²) in [5.74, 6) is 0. The summed E-state index contributed by atoms with van der Waals surface area (Å²) in [7, 11) is 0. The van der Waals surface area contributed by atoms with Gasteiger partial charge in [-0.1, -0.05) is 29.8 Å². The van der Waals surface area contributed by atoms with Gasteiger partial charge in [0, 0.05) is 24.2 Å². The Hall–Kier alpha value is -0.610. The average molecular weight is 272 g/mol. The fourth-order valence-corrected chi connectivity index (χ4v) is 2.21. The largest absolute Gasteiger partial charge is 0.395 e. The van der Waals surface area contributed by atoms with Gasteiger partial charge in [-0.05, 0) is 31.9 Å². The third kappa shape index (κ3) is 4.58. The maximum Gasteiger partial charge on any atom is 0.0816 e. The first kappa shape index (κ1) is 15.4. The summed E-state index contributed by atoms with van der Waals surface area (Å²) in [6.07, 6.45) is 0.0562. The van der Waals surface area contributed by atoms with Gasteiger partial charge in [-0.3, -0.25) is 4.90 Å². The van der Waals surface area contributed by atoms with Crippen LogP contribution in [0.15, 0.2) is 24.3 Å². The van der Waals surface area contributed by atoms with Gasteiger partial charge in [-0.15, -0.1) is 0 Å². The highest BCUT2D eigenvalue weighted by molar-refractivity contribution is 6.31. The minimum Gasteiger partial charge on any atom is -0.395 e. The van der Waals surface area contributed by atoms with Gasteiger partial charge in [0.1, 0.15) is 0 Å². The van der Waals surface area contributed by atoms with Crippen LogP contribution in [0.1, 0.15) is 31.9 Å². The second kappa shape index (κ2) is 7.74. The third-order valence-electron chi connectivity index (χ3n) is 3.07. The van der Waals surface area contributed by atoms with E-state index in [0.29, 0.717) is 24.0 Å². The maximum atomic E-state index is 10.1. The molecule has 0 aliphatic heterocycles. The highest BCUT2D eigenvalue weighted by Crippen LogP contribution is 2.25. The molecule has 0 saturated heterocycles. The molecule has 0 aliphatic rings. The van der Waals surface area contributed by atoms with Gasteiger partial charge in [0.05, 0.1) is 12.7 Å². The normalized spacial score (nSPS) is 13.3. The predicted molar refractivity (Wildman–Crippen MR) is 74.8 cm³/mol. The molecule has 0 aromatic heterocycles. The monoisotopic (exact) mass is 271 g/mol. The summed E-state index contributed by atoms with van der Waals surface area (Å²) in [4.78, 5) is 2.14. The van der Waals surface area contributed by atoms with Gasteiger partial charge >= 0.3 is 0 Å². The van der Waals surface area contributed by atoms with Crippen LogP contribution < -0.4 is 0 Å². The van der Waals surface area contributed by atoms with Crippen molar-refractivity contribution in [3.63, 3.8) is 0 Å². The molecule has 0 saturated carbocycles. The van der Waals surface area contributed by atoms with E-state index in [1.54, 1.807) is 6.07 Å². The van der Waals surface area contributed by atoms with Crippen LogP contribution in [0.3, 0.4) is 0 Å². The summed E-state index contributed by atoms with van der Waals surface area (Å²) in [5.41, 5.74) is 0.770. The van der Waals surface area contributed by atoms with Gasteiger partial charge in [0.25, 0.3) is 0 Å². The fraction of sp³-hybridized carbons (Fsp3) is 0.571.